The van der Waals surface area contributed by atoms with Crippen molar-refractivity contribution in [3.8, 4) is 5.69 Å². The number of nitrogens with zero attached hydrogens (tertiary/aromatic N) is 4. The Kier molecular flexibility index (Phi) is 5.57. The molecule has 154 valence electrons. The average Bonchev–Trinajstić information content (AvgIpc) is 3.14. The summed E-state index contributed by atoms with van der Waals surface area (Å²) in [6.07, 6.45) is 1.60. The van der Waals surface area contributed by atoms with Crippen molar-refractivity contribution in [2.45, 2.75) is 20.0 Å². The smallest absolute Gasteiger partial charge is 0.337 e. The van der Waals surface area contributed by atoms with Gasteiger partial charge in [-0.1, -0.05) is 35.9 Å². The van der Waals surface area contributed by atoms with Gasteiger partial charge in [-0.3, -0.25) is 9.36 Å². The minimum atomic E-state index is -0.465. The van der Waals surface area contributed by atoms with Crippen molar-refractivity contribution in [3.63, 3.8) is 0 Å². The van der Waals surface area contributed by atoms with E-state index in [-0.39, 0.29) is 18.7 Å². The first-order valence-corrected chi connectivity index (χ1v) is 9.89. The largest absolute Gasteiger partial charge is 0.383 e. The molecule has 0 saturated heterocycles. The maximum Gasteiger partial charge on any atom is 0.337 e. The fraction of sp³-hybridized carbons (Fsp3) is 0.227. The van der Waals surface area contributed by atoms with Gasteiger partial charge in [-0.05, 0) is 42.3 Å². The highest BCUT2D eigenvalue weighted by Gasteiger charge is 2.19. The lowest BCUT2D eigenvalue weighted by atomic mass is 10.1. The number of hydrogen-bond donors (Lipinski definition) is 0. The lowest BCUT2D eigenvalue weighted by molar-refractivity contribution is 0.184. The Morgan fingerprint density at radius 1 is 1.07 bits per heavy atom. The van der Waals surface area contributed by atoms with Crippen LogP contribution in [-0.2, 0) is 17.8 Å². The first kappa shape index (κ1) is 20.1. The van der Waals surface area contributed by atoms with Crippen LogP contribution in [0.25, 0.3) is 16.9 Å². The molecule has 8 heteroatoms. The van der Waals surface area contributed by atoms with E-state index in [0.29, 0.717) is 28.4 Å². The van der Waals surface area contributed by atoms with Gasteiger partial charge >= 0.3 is 5.69 Å². The van der Waals surface area contributed by atoms with Gasteiger partial charge in [-0.15, -0.1) is 0 Å². The summed E-state index contributed by atoms with van der Waals surface area (Å²) in [5.41, 5.74) is 2.60. The summed E-state index contributed by atoms with van der Waals surface area (Å²) in [6.45, 7) is 2.89. The number of methoxy groups -OCH3 is 1. The fourth-order valence-electron chi connectivity index (χ4n) is 3.47. The van der Waals surface area contributed by atoms with E-state index in [4.69, 9.17) is 16.3 Å². The standard InChI is InChI=1S/C22H21ClN4O3/c1-15-5-3-4-6-16(15)13-25-14-24-20-19(25)21(28)26(11-12-30-2)22(29)27(20)18-9-7-17(23)8-10-18/h3-10,14H,11-13H2,1-2H3. The molecule has 0 bridgehead atoms. The predicted molar refractivity (Wildman–Crippen MR) is 117 cm³/mol. The average molecular weight is 425 g/mol. The van der Waals surface area contributed by atoms with E-state index >= 15 is 0 Å². The molecule has 4 rings (SSSR count). The van der Waals surface area contributed by atoms with Crippen LogP contribution in [0, 0.1) is 6.92 Å². The zero-order chi connectivity index (χ0) is 21.3. The summed E-state index contributed by atoms with van der Waals surface area (Å²) >= 11 is 6.01. The molecule has 0 unspecified atom stereocenters. The lowest BCUT2D eigenvalue weighted by Crippen LogP contribution is -2.41. The maximum atomic E-state index is 13.3. The first-order chi connectivity index (χ1) is 14.5. The third kappa shape index (κ3) is 3.58. The molecule has 0 radical (unpaired) electrons. The van der Waals surface area contributed by atoms with Crippen LogP contribution < -0.4 is 11.2 Å². The zero-order valence-corrected chi connectivity index (χ0v) is 17.5. The van der Waals surface area contributed by atoms with Crippen LogP contribution in [0.5, 0.6) is 0 Å². The molecular weight excluding hydrogens is 404 g/mol. The van der Waals surface area contributed by atoms with Crippen molar-refractivity contribution in [3.05, 3.63) is 91.8 Å². The highest BCUT2D eigenvalue weighted by Crippen LogP contribution is 2.17. The number of rotatable bonds is 6. The Labute approximate surface area is 177 Å². The van der Waals surface area contributed by atoms with E-state index in [1.54, 1.807) is 35.2 Å². The number of benzene rings is 2. The second kappa shape index (κ2) is 8.30. The Bertz CT molecular complexity index is 1320. The summed E-state index contributed by atoms with van der Waals surface area (Å²) in [6, 6.07) is 14.8. The molecule has 2 aromatic carbocycles. The van der Waals surface area contributed by atoms with E-state index in [2.05, 4.69) is 4.98 Å². The van der Waals surface area contributed by atoms with Crippen LogP contribution in [0.3, 0.4) is 0 Å². The maximum absolute atomic E-state index is 13.3. The molecule has 4 aromatic rings. The Morgan fingerprint density at radius 2 is 1.80 bits per heavy atom. The van der Waals surface area contributed by atoms with E-state index < -0.39 is 5.69 Å². The van der Waals surface area contributed by atoms with Crippen LogP contribution >= 0.6 is 11.6 Å². The van der Waals surface area contributed by atoms with E-state index in [1.165, 1.54) is 16.2 Å². The van der Waals surface area contributed by atoms with E-state index in [0.717, 1.165) is 11.1 Å². The van der Waals surface area contributed by atoms with Gasteiger partial charge in [0.1, 0.15) is 0 Å². The number of halogens is 1. The second-order valence-electron chi connectivity index (χ2n) is 7.02. The molecule has 0 amide bonds. The summed E-state index contributed by atoms with van der Waals surface area (Å²) in [5.74, 6) is 0. The number of imidazole rings is 1. The molecule has 0 atom stereocenters. The van der Waals surface area contributed by atoms with Gasteiger partial charge in [0.2, 0.25) is 0 Å². The molecular formula is C22H21ClN4O3. The van der Waals surface area contributed by atoms with Crippen molar-refractivity contribution >= 4 is 22.8 Å². The molecule has 2 aromatic heterocycles. The lowest BCUT2D eigenvalue weighted by Gasteiger charge is -2.13. The normalized spacial score (nSPS) is 11.3. The third-order valence-corrected chi connectivity index (χ3v) is 5.36. The number of ether oxygens (including phenoxy) is 1. The van der Waals surface area contributed by atoms with Gasteiger partial charge in [0, 0.05) is 18.7 Å². The van der Waals surface area contributed by atoms with Crippen molar-refractivity contribution in [1.29, 1.82) is 0 Å². The number of aryl methyl sites for hydroxylation is 1. The molecule has 2 heterocycles. The topological polar surface area (TPSA) is 71.1 Å². The SMILES string of the molecule is COCCn1c(=O)c2c(ncn2Cc2ccccc2C)n(-c2ccc(Cl)cc2)c1=O. The van der Waals surface area contributed by atoms with Gasteiger partial charge in [-0.25, -0.2) is 14.3 Å². The quantitative estimate of drug-likeness (QED) is 0.477. The molecule has 30 heavy (non-hydrogen) atoms. The summed E-state index contributed by atoms with van der Waals surface area (Å²) in [4.78, 5) is 30.9. The molecule has 0 aliphatic heterocycles. The highest BCUT2D eigenvalue weighted by molar-refractivity contribution is 6.30. The van der Waals surface area contributed by atoms with Crippen LogP contribution in [0.1, 0.15) is 11.1 Å². The number of aromatic nitrogens is 4. The Morgan fingerprint density at radius 3 is 2.50 bits per heavy atom. The number of fused-ring (bicyclic) bond motifs is 1. The van der Waals surface area contributed by atoms with E-state index in [1.807, 2.05) is 31.2 Å². The third-order valence-electron chi connectivity index (χ3n) is 5.11. The minimum absolute atomic E-state index is 0.146. The molecule has 0 saturated carbocycles. The molecule has 7 nitrogen and oxygen atoms in total. The van der Waals surface area contributed by atoms with Crippen LogP contribution in [0.15, 0.2) is 64.4 Å². The van der Waals surface area contributed by atoms with Crippen LogP contribution in [0.4, 0.5) is 0 Å². The summed E-state index contributed by atoms with van der Waals surface area (Å²) < 4.78 is 9.52. The van der Waals surface area contributed by atoms with E-state index in [9.17, 15) is 9.59 Å². The zero-order valence-electron chi connectivity index (χ0n) is 16.7. The molecule has 0 N–H and O–H groups in total. The minimum Gasteiger partial charge on any atom is -0.383 e. The number of hydrogen-bond acceptors (Lipinski definition) is 4. The molecule has 0 spiro atoms. The monoisotopic (exact) mass is 424 g/mol. The van der Waals surface area contributed by atoms with Crippen molar-refractivity contribution in [2.75, 3.05) is 13.7 Å². The van der Waals surface area contributed by atoms with Gasteiger partial charge in [-0.2, -0.15) is 0 Å². The summed E-state index contributed by atoms with van der Waals surface area (Å²) in [7, 11) is 1.53. The van der Waals surface area contributed by atoms with Gasteiger partial charge in [0.15, 0.2) is 11.2 Å². The van der Waals surface area contributed by atoms with Crippen LogP contribution in [0.2, 0.25) is 5.02 Å². The Balaban J connectivity index is 1.98. The second-order valence-corrected chi connectivity index (χ2v) is 7.45. The first-order valence-electron chi connectivity index (χ1n) is 9.51. The van der Waals surface area contributed by atoms with Crippen molar-refractivity contribution in [2.24, 2.45) is 0 Å². The van der Waals surface area contributed by atoms with Crippen LogP contribution in [-0.4, -0.2) is 32.4 Å². The van der Waals surface area contributed by atoms with Gasteiger partial charge < -0.3 is 9.30 Å². The highest BCUT2D eigenvalue weighted by atomic mass is 35.5. The molecule has 0 fully saturated rings. The van der Waals surface area contributed by atoms with Crippen molar-refractivity contribution in [1.82, 2.24) is 18.7 Å². The van der Waals surface area contributed by atoms with Gasteiger partial charge in [0.05, 0.1) is 25.2 Å². The van der Waals surface area contributed by atoms with Crippen molar-refractivity contribution < 1.29 is 4.74 Å². The van der Waals surface area contributed by atoms with Gasteiger partial charge in [0.25, 0.3) is 5.56 Å². The predicted octanol–water partition coefficient (Wildman–Crippen LogP) is 3.01. The fourth-order valence-corrected chi connectivity index (χ4v) is 3.60. The Hall–Kier alpha value is -3.16. The molecule has 0 aliphatic rings. The summed E-state index contributed by atoms with van der Waals surface area (Å²) in [5, 5.41) is 0.556. The molecule has 0 aliphatic carbocycles.